The van der Waals surface area contributed by atoms with Gasteiger partial charge in [0.1, 0.15) is 5.75 Å². The van der Waals surface area contributed by atoms with Gasteiger partial charge in [0, 0.05) is 16.2 Å². The average Bonchev–Trinajstić information content (AvgIpc) is 3.35. The van der Waals surface area contributed by atoms with Crippen LogP contribution in [0.3, 0.4) is 0 Å². The van der Waals surface area contributed by atoms with Crippen molar-refractivity contribution in [1.82, 2.24) is 0 Å². The van der Waals surface area contributed by atoms with Gasteiger partial charge in [0.2, 0.25) is 0 Å². The van der Waals surface area contributed by atoms with Crippen molar-refractivity contribution in [2.45, 2.75) is 68.7 Å². The molecular weight excluding hydrogens is 278 g/mol. The first-order chi connectivity index (χ1) is 10.1. The maximum atomic E-state index is 6.55. The fourth-order valence-corrected chi connectivity index (χ4v) is 3.80. The molecule has 2 nitrogen and oxygen atoms in total. The lowest BCUT2D eigenvalue weighted by molar-refractivity contribution is 0.409. The van der Waals surface area contributed by atoms with E-state index in [2.05, 4.69) is 32.0 Å². The van der Waals surface area contributed by atoms with Crippen LogP contribution in [0, 0.1) is 0 Å². The van der Waals surface area contributed by atoms with Gasteiger partial charge in [-0.1, -0.05) is 26.7 Å². The van der Waals surface area contributed by atoms with Crippen LogP contribution in [0.5, 0.6) is 5.75 Å². The van der Waals surface area contributed by atoms with Crippen LogP contribution in [0.15, 0.2) is 23.1 Å². The van der Waals surface area contributed by atoms with Crippen molar-refractivity contribution in [3.63, 3.8) is 0 Å². The van der Waals surface area contributed by atoms with Gasteiger partial charge in [-0.25, -0.2) is 0 Å². The summed E-state index contributed by atoms with van der Waals surface area (Å²) in [5.74, 6) is 2.76. The zero-order chi connectivity index (χ0) is 15.3. The molecule has 1 aliphatic carbocycles. The van der Waals surface area contributed by atoms with Crippen LogP contribution in [0.25, 0.3) is 0 Å². The number of unbranched alkanes of at least 4 members (excludes halogenated alkanes) is 1. The van der Waals surface area contributed by atoms with Crippen LogP contribution >= 0.6 is 11.8 Å². The Balaban J connectivity index is 2.00. The molecule has 0 bridgehead atoms. The van der Waals surface area contributed by atoms with Crippen molar-refractivity contribution in [2.75, 3.05) is 12.9 Å². The van der Waals surface area contributed by atoms with Gasteiger partial charge in [-0.2, -0.15) is 0 Å². The molecule has 0 heterocycles. The second-order valence-electron chi connectivity index (χ2n) is 6.29. The fourth-order valence-electron chi connectivity index (χ4n) is 2.62. The summed E-state index contributed by atoms with van der Waals surface area (Å²) in [6.45, 7) is 4.44. The highest BCUT2D eigenvalue weighted by atomic mass is 32.2. The molecule has 21 heavy (non-hydrogen) atoms. The summed E-state index contributed by atoms with van der Waals surface area (Å²) in [6.07, 6.45) is 7.22. The van der Waals surface area contributed by atoms with Crippen molar-refractivity contribution >= 4 is 11.8 Å². The van der Waals surface area contributed by atoms with Gasteiger partial charge in [0.25, 0.3) is 0 Å². The molecule has 2 rings (SSSR count). The number of rotatable bonds is 9. The van der Waals surface area contributed by atoms with E-state index >= 15 is 0 Å². The first-order valence-electron chi connectivity index (χ1n) is 8.21. The molecule has 1 aromatic carbocycles. The van der Waals surface area contributed by atoms with E-state index in [9.17, 15) is 0 Å². The number of ether oxygens (including phenoxy) is 1. The van der Waals surface area contributed by atoms with E-state index in [4.69, 9.17) is 10.5 Å². The number of thioether (sulfide) groups is 1. The Bertz CT molecular complexity index is 459. The third kappa shape index (κ3) is 4.65. The topological polar surface area (TPSA) is 35.2 Å². The van der Waals surface area contributed by atoms with E-state index in [1.807, 2.05) is 11.8 Å². The molecular formula is C18H29NOS. The summed E-state index contributed by atoms with van der Waals surface area (Å²) < 4.78 is 5.49. The molecule has 0 aromatic heterocycles. The molecule has 0 spiro atoms. The average molecular weight is 308 g/mol. The lowest BCUT2D eigenvalue weighted by atomic mass is 9.93. The minimum atomic E-state index is -0.0274. The monoisotopic (exact) mass is 307 g/mol. The highest BCUT2D eigenvalue weighted by Gasteiger charge is 2.27. The Morgan fingerprint density at radius 1 is 1.33 bits per heavy atom. The number of methoxy groups -OCH3 is 1. The molecule has 3 heteroatoms. The van der Waals surface area contributed by atoms with Crippen LogP contribution in [0.2, 0.25) is 0 Å². The summed E-state index contributed by atoms with van der Waals surface area (Å²) in [6, 6.07) is 6.61. The van der Waals surface area contributed by atoms with Crippen LogP contribution in [-0.2, 0) is 0 Å². The predicted octanol–water partition coefficient (Wildman–Crippen LogP) is 4.96. The molecule has 2 N–H and O–H groups in total. The van der Waals surface area contributed by atoms with Gasteiger partial charge in [0.05, 0.1) is 7.11 Å². The highest BCUT2D eigenvalue weighted by Crippen LogP contribution is 2.45. The molecule has 1 atom stereocenters. The molecule has 118 valence electrons. The van der Waals surface area contributed by atoms with Gasteiger partial charge < -0.3 is 10.5 Å². The number of hydrogen-bond acceptors (Lipinski definition) is 3. The SMILES string of the molecule is CCCCC(N)(CC)CSc1ccc(OC)c(C2CC2)c1. The van der Waals surface area contributed by atoms with E-state index < -0.39 is 0 Å². The summed E-state index contributed by atoms with van der Waals surface area (Å²) in [5.41, 5.74) is 7.91. The largest absolute Gasteiger partial charge is 0.496 e. The Morgan fingerprint density at radius 2 is 2.10 bits per heavy atom. The third-order valence-corrected chi connectivity index (χ3v) is 5.78. The Hall–Kier alpha value is -0.670. The van der Waals surface area contributed by atoms with Gasteiger partial charge in [-0.15, -0.1) is 11.8 Å². The third-order valence-electron chi connectivity index (χ3n) is 4.48. The second-order valence-corrected chi connectivity index (χ2v) is 7.33. The van der Waals surface area contributed by atoms with Crippen LogP contribution in [-0.4, -0.2) is 18.4 Å². The molecule has 0 aliphatic heterocycles. The summed E-state index contributed by atoms with van der Waals surface area (Å²) in [5, 5.41) is 0. The lowest BCUT2D eigenvalue weighted by Crippen LogP contribution is -2.41. The Kier molecular flexibility index (Phi) is 6.00. The maximum Gasteiger partial charge on any atom is 0.122 e. The van der Waals surface area contributed by atoms with Gasteiger partial charge in [-0.3, -0.25) is 0 Å². The lowest BCUT2D eigenvalue weighted by Gasteiger charge is -2.28. The van der Waals surface area contributed by atoms with Crippen LogP contribution in [0.1, 0.15) is 63.9 Å². The quantitative estimate of drug-likeness (QED) is 0.655. The van der Waals surface area contributed by atoms with E-state index in [-0.39, 0.29) is 5.54 Å². The molecule has 1 aromatic rings. The zero-order valence-corrected chi connectivity index (χ0v) is 14.5. The maximum absolute atomic E-state index is 6.55. The molecule has 1 fully saturated rings. The van der Waals surface area contributed by atoms with Crippen molar-refractivity contribution in [2.24, 2.45) is 5.73 Å². The zero-order valence-electron chi connectivity index (χ0n) is 13.7. The van der Waals surface area contributed by atoms with Crippen LogP contribution in [0.4, 0.5) is 0 Å². The molecule has 1 saturated carbocycles. The van der Waals surface area contributed by atoms with E-state index in [0.29, 0.717) is 0 Å². The van der Waals surface area contributed by atoms with E-state index in [1.54, 1.807) is 7.11 Å². The Morgan fingerprint density at radius 3 is 2.67 bits per heavy atom. The first kappa shape index (κ1) is 16.7. The summed E-state index contributed by atoms with van der Waals surface area (Å²) >= 11 is 1.90. The van der Waals surface area contributed by atoms with Crippen molar-refractivity contribution in [3.8, 4) is 5.75 Å². The molecule has 1 aliphatic rings. The van der Waals surface area contributed by atoms with Crippen molar-refractivity contribution in [1.29, 1.82) is 0 Å². The minimum Gasteiger partial charge on any atom is -0.496 e. The number of benzene rings is 1. The smallest absolute Gasteiger partial charge is 0.122 e. The normalized spacial score (nSPS) is 17.5. The minimum absolute atomic E-state index is 0.0274. The number of hydrogen-bond donors (Lipinski definition) is 1. The summed E-state index contributed by atoms with van der Waals surface area (Å²) in [7, 11) is 1.76. The molecule has 1 unspecified atom stereocenters. The first-order valence-corrected chi connectivity index (χ1v) is 9.20. The Labute approximate surface area is 133 Å². The second kappa shape index (κ2) is 7.55. The molecule has 0 amide bonds. The van der Waals surface area contributed by atoms with E-state index in [1.165, 1.54) is 36.1 Å². The van der Waals surface area contributed by atoms with Gasteiger partial charge in [-0.05, 0) is 55.4 Å². The summed E-state index contributed by atoms with van der Waals surface area (Å²) in [4.78, 5) is 1.33. The van der Waals surface area contributed by atoms with Gasteiger partial charge in [0.15, 0.2) is 0 Å². The van der Waals surface area contributed by atoms with Gasteiger partial charge >= 0.3 is 0 Å². The predicted molar refractivity (Wildman–Crippen MR) is 92.4 cm³/mol. The highest BCUT2D eigenvalue weighted by molar-refractivity contribution is 7.99. The molecule has 0 saturated heterocycles. The standard InChI is InChI=1S/C18H29NOS/c1-4-6-11-18(19,5-2)13-21-15-9-10-17(20-3)16(12-15)14-7-8-14/h9-10,12,14H,4-8,11,13,19H2,1-3H3. The molecule has 0 radical (unpaired) electrons. The van der Waals surface area contributed by atoms with Crippen molar-refractivity contribution in [3.05, 3.63) is 23.8 Å². The number of nitrogens with two attached hydrogens (primary N) is 1. The van der Waals surface area contributed by atoms with E-state index in [0.717, 1.165) is 30.3 Å². The fraction of sp³-hybridized carbons (Fsp3) is 0.667. The van der Waals surface area contributed by atoms with Crippen LogP contribution < -0.4 is 10.5 Å². The van der Waals surface area contributed by atoms with Crippen molar-refractivity contribution < 1.29 is 4.74 Å².